The number of carbonyl (C=O) groups is 2. The number of amides is 1. The second kappa shape index (κ2) is 10.9. The monoisotopic (exact) mass is 432 g/mol. The minimum atomic E-state index is -0.614. The predicted molar refractivity (Wildman–Crippen MR) is 121 cm³/mol. The Kier molecular flexibility index (Phi) is 7.70. The number of nitro groups is 1. The van der Waals surface area contributed by atoms with Gasteiger partial charge in [0.05, 0.1) is 22.6 Å². The van der Waals surface area contributed by atoms with Crippen LogP contribution in [0.15, 0.2) is 78.9 Å². The maximum absolute atomic E-state index is 12.7. The first-order chi connectivity index (χ1) is 15.5. The van der Waals surface area contributed by atoms with Crippen LogP contribution in [-0.4, -0.2) is 23.2 Å². The Morgan fingerprint density at radius 1 is 1.03 bits per heavy atom. The van der Waals surface area contributed by atoms with Crippen molar-refractivity contribution in [3.8, 4) is 5.75 Å². The lowest BCUT2D eigenvalue weighted by atomic mass is 9.98. The normalized spacial score (nSPS) is 11.6. The van der Waals surface area contributed by atoms with Gasteiger partial charge in [-0.05, 0) is 36.6 Å². The van der Waals surface area contributed by atoms with Gasteiger partial charge in [0.25, 0.3) is 5.69 Å². The van der Waals surface area contributed by atoms with E-state index in [2.05, 4.69) is 5.32 Å². The molecule has 3 aromatic carbocycles. The van der Waals surface area contributed by atoms with Gasteiger partial charge in [-0.25, -0.2) is 0 Å². The molecule has 0 spiro atoms. The number of ether oxygens (including phenoxy) is 1. The summed E-state index contributed by atoms with van der Waals surface area (Å²) in [5.74, 6) is 0.229. The van der Waals surface area contributed by atoms with E-state index in [1.807, 2.05) is 60.7 Å². The number of nitrogens with zero attached hydrogens (tertiary/aromatic N) is 1. The minimum absolute atomic E-state index is 0.0500. The van der Waals surface area contributed by atoms with E-state index in [9.17, 15) is 19.7 Å². The molecule has 1 N–H and O–H groups in total. The standard InChI is InChI=1S/C25H24N2O5/c1-18(32-22-13-14-23(27(30)31)21(16-22)17-28)12-15-24(29)26-25(19-8-4-2-5-9-19)20-10-6-3-7-11-20/h2-11,13-14,16-18,25H,12,15H2,1H3,(H,26,29). The molecule has 0 saturated heterocycles. The van der Waals surface area contributed by atoms with E-state index in [-0.39, 0.29) is 35.7 Å². The molecule has 1 unspecified atom stereocenters. The first kappa shape index (κ1) is 22.7. The highest BCUT2D eigenvalue weighted by atomic mass is 16.6. The van der Waals surface area contributed by atoms with Crippen LogP contribution in [0, 0.1) is 10.1 Å². The number of hydrogen-bond donors (Lipinski definition) is 1. The highest BCUT2D eigenvalue weighted by Crippen LogP contribution is 2.25. The van der Waals surface area contributed by atoms with Crippen LogP contribution < -0.4 is 10.1 Å². The van der Waals surface area contributed by atoms with E-state index >= 15 is 0 Å². The van der Waals surface area contributed by atoms with Gasteiger partial charge in [-0.1, -0.05) is 60.7 Å². The lowest BCUT2D eigenvalue weighted by molar-refractivity contribution is -0.385. The van der Waals surface area contributed by atoms with Crippen molar-refractivity contribution < 1.29 is 19.2 Å². The van der Waals surface area contributed by atoms with Gasteiger partial charge in [-0.15, -0.1) is 0 Å². The fourth-order valence-electron chi connectivity index (χ4n) is 3.38. The molecular formula is C25H24N2O5. The lowest BCUT2D eigenvalue weighted by Crippen LogP contribution is -2.30. The van der Waals surface area contributed by atoms with Crippen LogP contribution in [0.1, 0.15) is 47.3 Å². The summed E-state index contributed by atoms with van der Waals surface area (Å²) >= 11 is 0. The summed E-state index contributed by atoms with van der Waals surface area (Å²) in [4.78, 5) is 34.1. The topological polar surface area (TPSA) is 98.5 Å². The van der Waals surface area contributed by atoms with Gasteiger partial charge >= 0.3 is 0 Å². The molecular weight excluding hydrogens is 408 g/mol. The van der Waals surface area contributed by atoms with Crippen LogP contribution >= 0.6 is 0 Å². The molecule has 1 atom stereocenters. The summed E-state index contributed by atoms with van der Waals surface area (Å²) in [6.07, 6.45) is 0.783. The Hall–Kier alpha value is -4.00. The summed E-state index contributed by atoms with van der Waals surface area (Å²) in [7, 11) is 0. The van der Waals surface area contributed by atoms with Crippen molar-refractivity contribution in [2.75, 3.05) is 0 Å². The maximum atomic E-state index is 12.7. The molecule has 3 rings (SSSR count). The molecule has 3 aromatic rings. The third-order valence-electron chi connectivity index (χ3n) is 5.01. The Balaban J connectivity index is 1.60. The summed E-state index contributed by atoms with van der Waals surface area (Å²) in [5, 5.41) is 14.0. The van der Waals surface area contributed by atoms with Crippen LogP contribution in [0.25, 0.3) is 0 Å². The fraction of sp³-hybridized carbons (Fsp3) is 0.200. The molecule has 0 fully saturated rings. The molecule has 0 aliphatic rings. The molecule has 32 heavy (non-hydrogen) atoms. The fourth-order valence-corrected chi connectivity index (χ4v) is 3.38. The first-order valence-electron chi connectivity index (χ1n) is 10.3. The van der Waals surface area contributed by atoms with E-state index in [4.69, 9.17) is 4.74 Å². The number of nitro benzene ring substituents is 1. The van der Waals surface area contributed by atoms with Crippen molar-refractivity contribution >= 4 is 17.9 Å². The number of benzene rings is 3. The average molecular weight is 432 g/mol. The van der Waals surface area contributed by atoms with E-state index in [1.165, 1.54) is 18.2 Å². The van der Waals surface area contributed by atoms with Gasteiger partial charge in [0.2, 0.25) is 5.91 Å². The third kappa shape index (κ3) is 6.01. The van der Waals surface area contributed by atoms with Crippen molar-refractivity contribution in [2.45, 2.75) is 31.9 Å². The second-order valence-corrected chi connectivity index (χ2v) is 7.38. The van der Waals surface area contributed by atoms with Gasteiger partial charge in [0.1, 0.15) is 5.75 Å². The zero-order valence-electron chi connectivity index (χ0n) is 17.6. The Morgan fingerprint density at radius 3 is 2.16 bits per heavy atom. The molecule has 7 nitrogen and oxygen atoms in total. The summed E-state index contributed by atoms with van der Waals surface area (Å²) in [5.41, 5.74) is 1.66. The van der Waals surface area contributed by atoms with Crippen molar-refractivity contribution in [1.82, 2.24) is 5.32 Å². The number of rotatable bonds is 10. The molecule has 7 heteroatoms. The highest BCUT2D eigenvalue weighted by molar-refractivity contribution is 5.82. The first-order valence-corrected chi connectivity index (χ1v) is 10.3. The van der Waals surface area contributed by atoms with Crippen molar-refractivity contribution in [2.24, 2.45) is 0 Å². The quantitative estimate of drug-likeness (QED) is 0.280. The Morgan fingerprint density at radius 2 is 1.62 bits per heavy atom. The molecule has 0 aromatic heterocycles. The van der Waals surface area contributed by atoms with E-state index < -0.39 is 4.92 Å². The molecule has 0 radical (unpaired) electrons. The van der Waals surface area contributed by atoms with Crippen LogP contribution in [0.3, 0.4) is 0 Å². The van der Waals surface area contributed by atoms with Gasteiger partial charge in [-0.2, -0.15) is 0 Å². The van der Waals surface area contributed by atoms with Crippen LogP contribution in [-0.2, 0) is 4.79 Å². The van der Waals surface area contributed by atoms with E-state index in [0.717, 1.165) is 11.1 Å². The molecule has 0 bridgehead atoms. The maximum Gasteiger partial charge on any atom is 0.280 e. The van der Waals surface area contributed by atoms with Crippen LogP contribution in [0.4, 0.5) is 5.69 Å². The second-order valence-electron chi connectivity index (χ2n) is 7.38. The summed E-state index contributed by atoms with van der Waals surface area (Å²) in [6.45, 7) is 1.81. The number of aldehydes is 1. The van der Waals surface area contributed by atoms with Crippen LogP contribution in [0.2, 0.25) is 0 Å². The Bertz CT molecular complexity index is 1030. The molecule has 0 saturated carbocycles. The molecule has 1 amide bonds. The average Bonchev–Trinajstić information content (AvgIpc) is 2.82. The van der Waals surface area contributed by atoms with Gasteiger partial charge in [0.15, 0.2) is 6.29 Å². The zero-order chi connectivity index (χ0) is 22.9. The highest BCUT2D eigenvalue weighted by Gasteiger charge is 2.18. The van der Waals surface area contributed by atoms with Gasteiger partial charge < -0.3 is 10.1 Å². The van der Waals surface area contributed by atoms with Gasteiger partial charge in [0, 0.05) is 12.5 Å². The SMILES string of the molecule is CC(CCC(=O)NC(c1ccccc1)c1ccccc1)Oc1ccc([N+](=O)[O-])c(C=O)c1. The minimum Gasteiger partial charge on any atom is -0.491 e. The zero-order valence-corrected chi connectivity index (χ0v) is 17.6. The molecule has 0 aliphatic carbocycles. The van der Waals surface area contributed by atoms with E-state index in [1.54, 1.807) is 6.92 Å². The summed E-state index contributed by atoms with van der Waals surface area (Å²) < 4.78 is 5.75. The van der Waals surface area contributed by atoms with E-state index in [0.29, 0.717) is 18.5 Å². The smallest absolute Gasteiger partial charge is 0.280 e. The molecule has 0 aliphatic heterocycles. The van der Waals surface area contributed by atoms with Crippen molar-refractivity contribution in [1.29, 1.82) is 0 Å². The number of nitrogens with one attached hydrogen (secondary N) is 1. The van der Waals surface area contributed by atoms with Gasteiger partial charge in [-0.3, -0.25) is 19.7 Å². The summed E-state index contributed by atoms with van der Waals surface area (Å²) in [6, 6.07) is 23.3. The molecule has 0 heterocycles. The Labute approximate surface area is 186 Å². The van der Waals surface area contributed by atoms with Crippen LogP contribution in [0.5, 0.6) is 5.75 Å². The number of carbonyl (C=O) groups excluding carboxylic acids is 2. The van der Waals surface area contributed by atoms with Crippen molar-refractivity contribution in [3.63, 3.8) is 0 Å². The number of hydrogen-bond acceptors (Lipinski definition) is 5. The van der Waals surface area contributed by atoms with Crippen molar-refractivity contribution in [3.05, 3.63) is 106 Å². The largest absolute Gasteiger partial charge is 0.491 e. The third-order valence-corrected chi connectivity index (χ3v) is 5.01. The lowest BCUT2D eigenvalue weighted by Gasteiger charge is -2.21. The molecule has 164 valence electrons. The predicted octanol–water partition coefficient (Wildman–Crippen LogP) is 4.86.